The van der Waals surface area contributed by atoms with Crippen LogP contribution in [0.4, 0.5) is 0 Å². The Balaban J connectivity index is 1.53. The van der Waals surface area contributed by atoms with Gasteiger partial charge in [-0.25, -0.2) is 5.43 Å². The van der Waals surface area contributed by atoms with Crippen molar-refractivity contribution in [3.63, 3.8) is 0 Å². The van der Waals surface area contributed by atoms with Gasteiger partial charge in [-0.1, -0.05) is 0 Å². The summed E-state index contributed by atoms with van der Waals surface area (Å²) in [6.45, 7) is 6.26. The lowest BCUT2D eigenvalue weighted by Gasteiger charge is -2.22. The monoisotopic (exact) mass is 334 g/mol. The van der Waals surface area contributed by atoms with Crippen molar-refractivity contribution in [1.82, 2.24) is 5.43 Å². The smallest absolute Gasteiger partial charge is 0.307 e. The molecular weight excluding hydrogens is 314 g/mol. The molecule has 0 spiro atoms. The molecule has 0 bridgehead atoms. The summed E-state index contributed by atoms with van der Waals surface area (Å²) >= 11 is 1.58. The molecule has 3 heterocycles. The maximum atomic E-state index is 12.0. The molecular formula is C16H20N3O3S+. The van der Waals surface area contributed by atoms with Crippen molar-refractivity contribution in [3.05, 3.63) is 45.5 Å². The first-order chi connectivity index (χ1) is 11.2. The van der Waals surface area contributed by atoms with Crippen molar-refractivity contribution in [1.29, 1.82) is 0 Å². The Labute approximate surface area is 138 Å². The topological polar surface area (TPSA) is 68.3 Å². The van der Waals surface area contributed by atoms with Crippen LogP contribution in [0.5, 0.6) is 0 Å². The van der Waals surface area contributed by atoms with E-state index in [9.17, 15) is 4.79 Å². The number of carbonyl (C=O) groups is 1. The number of quaternary nitrogens is 1. The Morgan fingerprint density at radius 1 is 1.39 bits per heavy atom. The first kappa shape index (κ1) is 15.9. The van der Waals surface area contributed by atoms with Gasteiger partial charge in [-0.05, 0) is 36.1 Å². The van der Waals surface area contributed by atoms with Gasteiger partial charge in [-0.2, -0.15) is 5.10 Å². The van der Waals surface area contributed by atoms with E-state index in [2.05, 4.69) is 10.5 Å². The summed E-state index contributed by atoms with van der Waals surface area (Å²) in [6.07, 6.45) is 1.65. The molecule has 0 atom stereocenters. The zero-order valence-corrected chi connectivity index (χ0v) is 13.8. The van der Waals surface area contributed by atoms with Gasteiger partial charge < -0.3 is 14.1 Å². The average molecular weight is 334 g/mol. The molecule has 6 nitrogen and oxygen atoms in total. The standard InChI is InChI=1S/C16H19N3O3S/c1-12-4-9-23-15(12)10-17-18-16(20)14-3-2-13(22-14)11-19-5-7-21-8-6-19/h2-4,9-10H,5-8,11H2,1H3,(H,18,20)/p+1/b17-10-. The van der Waals surface area contributed by atoms with E-state index in [0.717, 1.165) is 49.0 Å². The van der Waals surface area contributed by atoms with Crippen molar-refractivity contribution in [3.8, 4) is 0 Å². The number of nitrogens with zero attached hydrogens (tertiary/aromatic N) is 1. The van der Waals surface area contributed by atoms with Gasteiger partial charge in [0.1, 0.15) is 19.6 Å². The fraction of sp³-hybridized carbons (Fsp3) is 0.375. The van der Waals surface area contributed by atoms with Crippen molar-refractivity contribution >= 4 is 23.5 Å². The van der Waals surface area contributed by atoms with Crippen molar-refractivity contribution < 1.29 is 18.8 Å². The van der Waals surface area contributed by atoms with E-state index in [1.54, 1.807) is 23.6 Å². The molecule has 1 aliphatic rings. The summed E-state index contributed by atoms with van der Waals surface area (Å²) in [6, 6.07) is 5.56. The number of nitrogens with one attached hydrogen (secondary N) is 2. The third kappa shape index (κ3) is 4.28. The van der Waals surface area contributed by atoms with Gasteiger partial charge in [0, 0.05) is 4.88 Å². The van der Waals surface area contributed by atoms with E-state index in [1.807, 2.05) is 24.4 Å². The lowest BCUT2D eigenvalue weighted by Crippen LogP contribution is -3.12. The highest BCUT2D eigenvalue weighted by Gasteiger charge is 2.17. The Morgan fingerprint density at radius 2 is 2.22 bits per heavy atom. The highest BCUT2D eigenvalue weighted by molar-refractivity contribution is 7.11. The van der Waals surface area contributed by atoms with Crippen LogP contribution in [-0.2, 0) is 11.3 Å². The van der Waals surface area contributed by atoms with Gasteiger partial charge in [0.15, 0.2) is 11.5 Å². The molecule has 1 fully saturated rings. The number of carbonyl (C=O) groups excluding carboxylic acids is 1. The summed E-state index contributed by atoms with van der Waals surface area (Å²) in [5.74, 6) is 0.761. The van der Waals surface area contributed by atoms with Crippen LogP contribution < -0.4 is 10.3 Å². The van der Waals surface area contributed by atoms with Crippen LogP contribution in [0.2, 0.25) is 0 Å². The Bertz CT molecular complexity index is 686. The lowest BCUT2D eigenvalue weighted by molar-refractivity contribution is -0.922. The molecule has 2 aromatic rings. The molecule has 2 aromatic heterocycles. The number of thiophene rings is 1. The predicted molar refractivity (Wildman–Crippen MR) is 88.0 cm³/mol. The predicted octanol–water partition coefficient (Wildman–Crippen LogP) is 0.829. The summed E-state index contributed by atoms with van der Waals surface area (Å²) < 4.78 is 10.9. The first-order valence-corrected chi connectivity index (χ1v) is 8.48. The van der Waals surface area contributed by atoms with E-state index in [1.165, 1.54) is 4.90 Å². The molecule has 1 saturated heterocycles. The number of morpholine rings is 1. The number of furan rings is 1. The van der Waals surface area contributed by atoms with Crippen LogP contribution >= 0.6 is 11.3 Å². The molecule has 0 aliphatic carbocycles. The maximum Gasteiger partial charge on any atom is 0.307 e. The SMILES string of the molecule is Cc1ccsc1/C=N\NC(=O)c1ccc(C[NH+]2CCOCC2)o1. The fourth-order valence-corrected chi connectivity index (χ4v) is 3.19. The number of aryl methyl sites for hydroxylation is 1. The Kier molecular flexibility index (Phi) is 5.22. The van der Waals surface area contributed by atoms with Crippen LogP contribution in [0.15, 0.2) is 33.1 Å². The van der Waals surface area contributed by atoms with E-state index in [-0.39, 0.29) is 11.7 Å². The number of rotatable bonds is 5. The normalized spacial score (nSPS) is 16.0. The molecule has 3 rings (SSSR count). The molecule has 0 aromatic carbocycles. The van der Waals surface area contributed by atoms with Crippen molar-refractivity contribution in [2.45, 2.75) is 13.5 Å². The largest absolute Gasteiger partial charge is 0.450 e. The summed E-state index contributed by atoms with van der Waals surface area (Å²) in [5.41, 5.74) is 3.64. The van der Waals surface area contributed by atoms with Gasteiger partial charge >= 0.3 is 5.91 Å². The minimum absolute atomic E-state index is 0.285. The highest BCUT2D eigenvalue weighted by Crippen LogP contribution is 2.12. The molecule has 2 N–H and O–H groups in total. The second-order valence-corrected chi connectivity index (χ2v) is 6.42. The average Bonchev–Trinajstić information content (AvgIpc) is 3.18. The van der Waals surface area contributed by atoms with Gasteiger partial charge in [0.2, 0.25) is 0 Å². The van der Waals surface area contributed by atoms with Crippen molar-refractivity contribution in [2.24, 2.45) is 5.10 Å². The van der Waals surface area contributed by atoms with Crippen LogP contribution in [0, 0.1) is 6.92 Å². The van der Waals surface area contributed by atoms with Crippen LogP contribution in [0.3, 0.4) is 0 Å². The number of hydrazone groups is 1. The zero-order valence-electron chi connectivity index (χ0n) is 13.0. The van der Waals surface area contributed by atoms with Crippen molar-refractivity contribution in [2.75, 3.05) is 26.3 Å². The van der Waals surface area contributed by atoms with E-state index in [0.29, 0.717) is 0 Å². The fourth-order valence-electron chi connectivity index (χ4n) is 2.40. The minimum Gasteiger partial charge on any atom is -0.450 e. The zero-order chi connectivity index (χ0) is 16.1. The van der Waals surface area contributed by atoms with Gasteiger partial charge in [0.25, 0.3) is 0 Å². The number of ether oxygens (including phenoxy) is 1. The Hall–Kier alpha value is -1.96. The van der Waals surface area contributed by atoms with Gasteiger partial charge in [-0.3, -0.25) is 4.79 Å². The van der Waals surface area contributed by atoms with E-state index >= 15 is 0 Å². The molecule has 23 heavy (non-hydrogen) atoms. The van der Waals surface area contributed by atoms with Gasteiger partial charge in [-0.15, -0.1) is 11.3 Å². The summed E-state index contributed by atoms with van der Waals surface area (Å²) in [5, 5.41) is 5.97. The van der Waals surface area contributed by atoms with Crippen LogP contribution in [0.1, 0.15) is 26.8 Å². The third-order valence-corrected chi connectivity index (χ3v) is 4.71. The molecule has 0 saturated carbocycles. The molecule has 0 unspecified atom stereocenters. The van der Waals surface area contributed by atoms with E-state index < -0.39 is 0 Å². The summed E-state index contributed by atoms with van der Waals surface area (Å²) in [7, 11) is 0. The lowest BCUT2D eigenvalue weighted by atomic mass is 10.3. The van der Waals surface area contributed by atoms with Crippen LogP contribution in [-0.4, -0.2) is 38.4 Å². The molecule has 122 valence electrons. The second-order valence-electron chi connectivity index (χ2n) is 5.47. The number of amides is 1. The second kappa shape index (κ2) is 7.54. The molecule has 1 aliphatic heterocycles. The summed E-state index contributed by atoms with van der Waals surface area (Å²) in [4.78, 5) is 14.5. The molecule has 0 radical (unpaired) electrons. The Morgan fingerprint density at radius 3 is 2.96 bits per heavy atom. The number of hydrogen-bond acceptors (Lipinski definition) is 5. The van der Waals surface area contributed by atoms with Crippen LogP contribution in [0.25, 0.3) is 0 Å². The quantitative estimate of drug-likeness (QED) is 0.629. The van der Waals surface area contributed by atoms with Gasteiger partial charge in [0.05, 0.1) is 19.4 Å². The van der Waals surface area contributed by atoms with E-state index in [4.69, 9.17) is 9.15 Å². The molecule has 1 amide bonds. The third-order valence-electron chi connectivity index (χ3n) is 3.76. The number of hydrogen-bond donors (Lipinski definition) is 2. The minimum atomic E-state index is -0.335. The maximum absolute atomic E-state index is 12.0. The molecule has 7 heteroatoms. The first-order valence-electron chi connectivity index (χ1n) is 7.60. The highest BCUT2D eigenvalue weighted by atomic mass is 32.1.